The molecular weight excluding hydrogens is 641 g/mol. The van der Waals surface area contributed by atoms with Crippen molar-refractivity contribution in [3.8, 4) is 34.3 Å². The van der Waals surface area contributed by atoms with Crippen LogP contribution in [0.3, 0.4) is 0 Å². The van der Waals surface area contributed by atoms with E-state index in [1.54, 1.807) is 0 Å². The fourth-order valence-electron chi connectivity index (χ4n) is 8.91. The number of benzene rings is 8. The summed E-state index contributed by atoms with van der Waals surface area (Å²) in [5.74, 6) is 6.83. The summed E-state index contributed by atoms with van der Waals surface area (Å²) in [5.41, 5.74) is 14.5. The lowest BCUT2D eigenvalue weighted by atomic mass is 9.82. The molecule has 0 saturated carbocycles. The Hall–Kier alpha value is -6.82. The minimum absolute atomic E-state index is 0.103. The van der Waals surface area contributed by atoms with Crippen molar-refractivity contribution in [2.45, 2.75) is 19.3 Å². The molecular formula is C51H34N2. The van der Waals surface area contributed by atoms with Crippen LogP contribution in [0.1, 0.15) is 36.1 Å². The number of fused-ring (bicyclic) bond motifs is 10. The minimum atomic E-state index is -0.103. The summed E-state index contributed by atoms with van der Waals surface area (Å²) in [5, 5.41) is 7.45. The van der Waals surface area contributed by atoms with Crippen molar-refractivity contribution in [1.82, 2.24) is 9.13 Å². The van der Waals surface area contributed by atoms with Crippen molar-refractivity contribution in [3.63, 3.8) is 0 Å². The van der Waals surface area contributed by atoms with E-state index >= 15 is 0 Å². The third kappa shape index (κ3) is 4.41. The maximum absolute atomic E-state index is 3.43. The van der Waals surface area contributed by atoms with Gasteiger partial charge in [0, 0.05) is 49.5 Å². The second-order valence-corrected chi connectivity index (χ2v) is 14.9. The van der Waals surface area contributed by atoms with Crippen LogP contribution >= 0.6 is 0 Å². The van der Waals surface area contributed by atoms with Crippen LogP contribution in [0, 0.1) is 11.8 Å². The van der Waals surface area contributed by atoms with Gasteiger partial charge in [0.1, 0.15) is 0 Å². The van der Waals surface area contributed by atoms with Gasteiger partial charge in [0.05, 0.1) is 22.1 Å². The van der Waals surface area contributed by atoms with Crippen LogP contribution in [0.5, 0.6) is 0 Å². The van der Waals surface area contributed by atoms with Crippen molar-refractivity contribution in [2.24, 2.45) is 0 Å². The van der Waals surface area contributed by atoms with Crippen molar-refractivity contribution in [3.05, 3.63) is 192 Å². The number of aromatic nitrogens is 2. The largest absolute Gasteiger partial charge is 0.309 e. The molecule has 0 bridgehead atoms. The molecule has 2 aromatic heterocycles. The highest BCUT2D eigenvalue weighted by molar-refractivity contribution is 6.19. The first-order valence-corrected chi connectivity index (χ1v) is 18.4. The zero-order chi connectivity index (χ0) is 35.3. The van der Waals surface area contributed by atoms with Gasteiger partial charge in [-0.2, -0.15) is 0 Å². The molecule has 0 N–H and O–H groups in total. The van der Waals surface area contributed by atoms with Gasteiger partial charge < -0.3 is 9.13 Å². The van der Waals surface area contributed by atoms with Gasteiger partial charge in [-0.3, -0.25) is 0 Å². The first kappa shape index (κ1) is 29.9. The number of hydrogen-bond acceptors (Lipinski definition) is 0. The van der Waals surface area contributed by atoms with Crippen molar-refractivity contribution in [2.75, 3.05) is 0 Å². The Labute approximate surface area is 308 Å². The van der Waals surface area contributed by atoms with Gasteiger partial charge in [-0.25, -0.2) is 0 Å². The van der Waals surface area contributed by atoms with E-state index in [2.05, 4.69) is 205 Å². The van der Waals surface area contributed by atoms with E-state index in [4.69, 9.17) is 0 Å². The summed E-state index contributed by atoms with van der Waals surface area (Å²) in [6.45, 7) is 4.73. The van der Waals surface area contributed by atoms with Crippen LogP contribution in [0.4, 0.5) is 0 Å². The van der Waals surface area contributed by atoms with E-state index < -0.39 is 0 Å². The van der Waals surface area contributed by atoms with E-state index in [1.165, 1.54) is 82.3 Å². The molecule has 0 radical (unpaired) electrons. The highest BCUT2D eigenvalue weighted by atomic mass is 15.0. The summed E-state index contributed by atoms with van der Waals surface area (Å²) in [6.07, 6.45) is 0. The SMILES string of the molecule is CC1(C)c2ccccc2-c2cc3c4cc5c(cc4n(-c4ccc(C#Cc6ccc7ccccc7c6)cc4)c3cc21)c1ccccc1n5-c1ccccc1. The fourth-order valence-corrected chi connectivity index (χ4v) is 8.91. The van der Waals surface area contributed by atoms with Crippen LogP contribution in [0.25, 0.3) is 76.9 Å². The molecule has 53 heavy (non-hydrogen) atoms. The third-order valence-electron chi connectivity index (χ3n) is 11.5. The molecule has 0 spiro atoms. The smallest absolute Gasteiger partial charge is 0.0548 e. The van der Waals surface area contributed by atoms with Gasteiger partial charge >= 0.3 is 0 Å². The number of para-hydroxylation sites is 2. The topological polar surface area (TPSA) is 9.86 Å². The van der Waals surface area contributed by atoms with Crippen LogP contribution in [0.2, 0.25) is 0 Å². The zero-order valence-corrected chi connectivity index (χ0v) is 29.6. The van der Waals surface area contributed by atoms with Gasteiger partial charge in [0.15, 0.2) is 0 Å². The van der Waals surface area contributed by atoms with E-state index in [-0.39, 0.29) is 5.41 Å². The van der Waals surface area contributed by atoms with Crippen molar-refractivity contribution < 1.29 is 0 Å². The maximum Gasteiger partial charge on any atom is 0.0548 e. The van der Waals surface area contributed by atoms with Gasteiger partial charge in [-0.1, -0.05) is 117 Å². The normalized spacial score (nSPS) is 13.1. The molecule has 0 fully saturated rings. The van der Waals surface area contributed by atoms with Crippen LogP contribution in [-0.2, 0) is 5.41 Å². The summed E-state index contributed by atoms with van der Waals surface area (Å²) in [6, 6.07) is 61.9. The van der Waals surface area contributed by atoms with E-state index in [1.807, 2.05) is 0 Å². The van der Waals surface area contributed by atoms with Gasteiger partial charge in [0.2, 0.25) is 0 Å². The lowest BCUT2D eigenvalue weighted by molar-refractivity contribution is 0.661. The Balaban J connectivity index is 1.16. The molecule has 0 atom stereocenters. The molecule has 248 valence electrons. The molecule has 0 saturated heterocycles. The molecule has 0 unspecified atom stereocenters. The predicted molar refractivity (Wildman–Crippen MR) is 223 cm³/mol. The second kappa shape index (κ2) is 11.1. The van der Waals surface area contributed by atoms with Crippen LogP contribution in [-0.4, -0.2) is 9.13 Å². The van der Waals surface area contributed by atoms with Gasteiger partial charge in [-0.15, -0.1) is 0 Å². The molecule has 2 heteroatoms. The first-order chi connectivity index (χ1) is 26.0. The Morgan fingerprint density at radius 1 is 0.377 bits per heavy atom. The minimum Gasteiger partial charge on any atom is -0.309 e. The Kier molecular flexibility index (Phi) is 6.25. The average molecular weight is 675 g/mol. The summed E-state index contributed by atoms with van der Waals surface area (Å²) in [4.78, 5) is 0. The second-order valence-electron chi connectivity index (χ2n) is 14.9. The monoisotopic (exact) mass is 674 g/mol. The predicted octanol–water partition coefficient (Wildman–Crippen LogP) is 12.7. The highest BCUT2D eigenvalue weighted by Gasteiger charge is 2.36. The van der Waals surface area contributed by atoms with Gasteiger partial charge in [-0.05, 0) is 112 Å². The van der Waals surface area contributed by atoms with Crippen molar-refractivity contribution in [1.29, 1.82) is 0 Å². The first-order valence-electron chi connectivity index (χ1n) is 18.4. The number of nitrogens with zero attached hydrogens (tertiary/aromatic N) is 2. The lowest BCUT2D eigenvalue weighted by Crippen LogP contribution is -2.14. The maximum atomic E-state index is 3.43. The summed E-state index contributed by atoms with van der Waals surface area (Å²) < 4.78 is 4.89. The molecule has 11 rings (SSSR count). The molecule has 0 amide bonds. The summed E-state index contributed by atoms with van der Waals surface area (Å²) in [7, 11) is 0. The summed E-state index contributed by atoms with van der Waals surface area (Å²) >= 11 is 0. The van der Waals surface area contributed by atoms with Crippen molar-refractivity contribution >= 4 is 54.4 Å². The quantitative estimate of drug-likeness (QED) is 0.162. The van der Waals surface area contributed by atoms with E-state index in [0.29, 0.717) is 0 Å². The average Bonchev–Trinajstić information content (AvgIpc) is 3.78. The fraction of sp³-hybridized carbons (Fsp3) is 0.0588. The molecule has 2 heterocycles. The molecule has 8 aromatic carbocycles. The molecule has 1 aliphatic rings. The standard InChI is InChI=1S/C51H34N2/c1-51(2)45-18-10-8-16-39(45)41-29-42-44-31-48-43(40-17-9-11-19-47(40)52(48)37-14-4-3-5-15-37)30-49(44)53(50(42)32-46(41)51)38-26-23-33(24-27-38)20-21-34-22-25-35-12-6-7-13-36(35)28-34/h3-19,22-32H,1-2H3. The number of hydrogen-bond donors (Lipinski definition) is 0. The van der Waals surface area contributed by atoms with Gasteiger partial charge in [0.25, 0.3) is 0 Å². The Bertz CT molecular complexity index is 3180. The molecule has 10 aromatic rings. The Morgan fingerprint density at radius 3 is 1.79 bits per heavy atom. The highest BCUT2D eigenvalue weighted by Crippen LogP contribution is 2.51. The molecule has 1 aliphatic carbocycles. The van der Waals surface area contributed by atoms with Crippen LogP contribution in [0.15, 0.2) is 170 Å². The molecule has 0 aliphatic heterocycles. The van der Waals surface area contributed by atoms with Crippen LogP contribution < -0.4 is 0 Å². The van der Waals surface area contributed by atoms with E-state index in [0.717, 1.165) is 16.8 Å². The third-order valence-corrected chi connectivity index (χ3v) is 11.5. The lowest BCUT2D eigenvalue weighted by Gasteiger charge is -2.21. The molecule has 2 nitrogen and oxygen atoms in total. The number of rotatable bonds is 2. The Morgan fingerprint density at radius 2 is 0.962 bits per heavy atom. The zero-order valence-electron chi connectivity index (χ0n) is 29.6. The van der Waals surface area contributed by atoms with E-state index in [9.17, 15) is 0 Å².